The number of rotatable bonds is 7. The molecule has 0 aliphatic carbocycles. The summed E-state index contributed by atoms with van der Waals surface area (Å²) >= 11 is 0. The molecule has 0 bridgehead atoms. The van der Waals surface area contributed by atoms with Gasteiger partial charge in [0.05, 0.1) is 19.3 Å². The molecule has 1 aromatic heterocycles. The fourth-order valence-electron chi connectivity index (χ4n) is 3.26. The summed E-state index contributed by atoms with van der Waals surface area (Å²) in [4.78, 5) is 6.97. The van der Waals surface area contributed by atoms with Gasteiger partial charge >= 0.3 is 0 Å². The first-order valence-corrected chi connectivity index (χ1v) is 7.96. The van der Waals surface area contributed by atoms with Gasteiger partial charge < -0.3 is 19.4 Å². The molecule has 0 aromatic carbocycles. The lowest BCUT2D eigenvalue weighted by Gasteiger charge is -2.35. The van der Waals surface area contributed by atoms with E-state index in [9.17, 15) is 0 Å². The second-order valence-electron chi connectivity index (χ2n) is 5.92. The molecule has 21 heavy (non-hydrogen) atoms. The third-order valence-electron chi connectivity index (χ3n) is 4.39. The van der Waals surface area contributed by atoms with Crippen molar-refractivity contribution in [1.29, 1.82) is 0 Å². The smallest absolute Gasteiger partial charge is 0.202 e. The van der Waals surface area contributed by atoms with Crippen LogP contribution in [0.15, 0.2) is 12.4 Å². The number of fused-ring (bicyclic) bond motifs is 1. The summed E-state index contributed by atoms with van der Waals surface area (Å²) < 4.78 is 13.2. The number of anilines is 1. The standard InChI is InChI=1S/C15H26N4O2/c1-20-9-3-5-16-15-17-6-8-19(15)11-14-10-18-7-2-4-13(18)12-21-14/h6,8,13-14H,2-5,7,9-12H2,1H3,(H,16,17). The summed E-state index contributed by atoms with van der Waals surface area (Å²) in [7, 11) is 1.73. The first kappa shape index (κ1) is 14.8. The molecule has 1 aromatic rings. The molecule has 0 saturated carbocycles. The highest BCUT2D eigenvalue weighted by Gasteiger charge is 2.32. The first-order valence-electron chi connectivity index (χ1n) is 7.96. The molecule has 1 N–H and O–H groups in total. The van der Waals surface area contributed by atoms with Gasteiger partial charge in [0.2, 0.25) is 5.95 Å². The fraction of sp³-hybridized carbons (Fsp3) is 0.800. The predicted octanol–water partition coefficient (Wildman–Crippen LogP) is 1.19. The summed E-state index contributed by atoms with van der Waals surface area (Å²) in [5, 5.41) is 3.37. The van der Waals surface area contributed by atoms with Crippen LogP contribution < -0.4 is 5.32 Å². The predicted molar refractivity (Wildman–Crippen MR) is 81.5 cm³/mol. The number of morpholine rings is 1. The van der Waals surface area contributed by atoms with Crippen LogP contribution in [-0.4, -0.2) is 66.6 Å². The van der Waals surface area contributed by atoms with E-state index >= 15 is 0 Å². The summed E-state index contributed by atoms with van der Waals surface area (Å²) in [6.07, 6.45) is 7.74. The van der Waals surface area contributed by atoms with Crippen molar-refractivity contribution < 1.29 is 9.47 Å². The normalized spacial score (nSPS) is 26.0. The Labute approximate surface area is 126 Å². The number of hydrogen-bond acceptors (Lipinski definition) is 5. The number of nitrogens with one attached hydrogen (secondary N) is 1. The van der Waals surface area contributed by atoms with Crippen LogP contribution in [0.25, 0.3) is 0 Å². The maximum Gasteiger partial charge on any atom is 0.202 e. The lowest BCUT2D eigenvalue weighted by atomic mass is 10.2. The number of nitrogens with zero attached hydrogens (tertiary/aromatic N) is 3. The number of aromatic nitrogens is 2. The second-order valence-corrected chi connectivity index (χ2v) is 5.92. The zero-order chi connectivity index (χ0) is 14.5. The minimum absolute atomic E-state index is 0.271. The first-order chi connectivity index (χ1) is 10.4. The Kier molecular flexibility index (Phi) is 5.11. The molecule has 6 heteroatoms. The Bertz CT molecular complexity index is 437. The van der Waals surface area contributed by atoms with Crippen LogP contribution in [0.2, 0.25) is 0 Å². The van der Waals surface area contributed by atoms with Crippen molar-refractivity contribution in [2.75, 3.05) is 45.3 Å². The molecule has 6 nitrogen and oxygen atoms in total. The van der Waals surface area contributed by atoms with Crippen molar-refractivity contribution in [3.63, 3.8) is 0 Å². The molecule has 2 unspecified atom stereocenters. The van der Waals surface area contributed by atoms with E-state index in [1.165, 1.54) is 19.4 Å². The summed E-state index contributed by atoms with van der Waals surface area (Å²) in [6.45, 7) is 5.69. The number of hydrogen-bond donors (Lipinski definition) is 1. The largest absolute Gasteiger partial charge is 0.385 e. The van der Waals surface area contributed by atoms with Crippen LogP contribution in [0.4, 0.5) is 5.95 Å². The van der Waals surface area contributed by atoms with E-state index < -0.39 is 0 Å². The summed E-state index contributed by atoms with van der Waals surface area (Å²) in [5.41, 5.74) is 0. The highest BCUT2D eigenvalue weighted by atomic mass is 16.5. The SMILES string of the molecule is COCCCNc1nccn1CC1CN2CCCC2CO1. The average Bonchev–Trinajstić information content (AvgIpc) is 3.12. The number of methoxy groups -OCH3 is 1. The van der Waals surface area contributed by atoms with E-state index in [1.54, 1.807) is 7.11 Å². The lowest BCUT2D eigenvalue weighted by Crippen LogP contribution is -2.47. The van der Waals surface area contributed by atoms with Crippen LogP contribution >= 0.6 is 0 Å². The Balaban J connectivity index is 1.49. The van der Waals surface area contributed by atoms with Gasteiger partial charge in [0.25, 0.3) is 0 Å². The molecule has 3 heterocycles. The number of imidazole rings is 1. The second kappa shape index (κ2) is 7.24. The van der Waals surface area contributed by atoms with Crippen molar-refractivity contribution in [3.8, 4) is 0 Å². The van der Waals surface area contributed by atoms with Crippen LogP contribution in [0.3, 0.4) is 0 Å². The van der Waals surface area contributed by atoms with Gasteiger partial charge in [-0.05, 0) is 25.8 Å². The van der Waals surface area contributed by atoms with Crippen LogP contribution in [-0.2, 0) is 16.0 Å². The van der Waals surface area contributed by atoms with E-state index in [1.807, 2.05) is 12.4 Å². The minimum atomic E-state index is 0.271. The average molecular weight is 294 g/mol. The van der Waals surface area contributed by atoms with Gasteiger partial charge in [-0.1, -0.05) is 0 Å². The maximum absolute atomic E-state index is 6.03. The zero-order valence-corrected chi connectivity index (χ0v) is 12.8. The van der Waals surface area contributed by atoms with E-state index in [2.05, 4.69) is 19.8 Å². The molecular weight excluding hydrogens is 268 g/mol. The van der Waals surface area contributed by atoms with Crippen molar-refractivity contribution in [2.24, 2.45) is 0 Å². The fourth-order valence-corrected chi connectivity index (χ4v) is 3.26. The minimum Gasteiger partial charge on any atom is -0.385 e. The van der Waals surface area contributed by atoms with Crippen molar-refractivity contribution in [1.82, 2.24) is 14.5 Å². The molecule has 2 fully saturated rings. The van der Waals surface area contributed by atoms with E-state index in [0.717, 1.165) is 45.2 Å². The molecular formula is C15H26N4O2. The Morgan fingerprint density at radius 1 is 1.52 bits per heavy atom. The van der Waals surface area contributed by atoms with Gasteiger partial charge in [0.1, 0.15) is 0 Å². The maximum atomic E-state index is 6.03. The third kappa shape index (κ3) is 3.75. The Morgan fingerprint density at radius 3 is 3.38 bits per heavy atom. The van der Waals surface area contributed by atoms with E-state index in [4.69, 9.17) is 9.47 Å². The topological polar surface area (TPSA) is 51.5 Å². The molecule has 2 aliphatic rings. The Hall–Kier alpha value is -1.11. The van der Waals surface area contributed by atoms with Crippen LogP contribution in [0.5, 0.6) is 0 Å². The quantitative estimate of drug-likeness (QED) is 0.766. The molecule has 0 spiro atoms. The van der Waals surface area contributed by atoms with Gasteiger partial charge in [0.15, 0.2) is 0 Å². The van der Waals surface area contributed by atoms with Crippen molar-refractivity contribution >= 4 is 5.95 Å². The highest BCUT2D eigenvalue weighted by molar-refractivity contribution is 5.25. The molecule has 118 valence electrons. The molecule has 0 radical (unpaired) electrons. The van der Waals surface area contributed by atoms with Crippen molar-refractivity contribution in [2.45, 2.75) is 38.0 Å². The van der Waals surface area contributed by atoms with Gasteiger partial charge in [-0.15, -0.1) is 0 Å². The van der Waals surface area contributed by atoms with Crippen molar-refractivity contribution in [3.05, 3.63) is 12.4 Å². The lowest BCUT2D eigenvalue weighted by molar-refractivity contribution is -0.0549. The summed E-state index contributed by atoms with van der Waals surface area (Å²) in [6, 6.07) is 0.663. The van der Waals surface area contributed by atoms with Crippen LogP contribution in [0.1, 0.15) is 19.3 Å². The van der Waals surface area contributed by atoms with Gasteiger partial charge in [-0.25, -0.2) is 4.98 Å². The molecule has 2 atom stereocenters. The number of ether oxygens (including phenoxy) is 2. The molecule has 3 rings (SSSR count). The third-order valence-corrected chi connectivity index (χ3v) is 4.39. The molecule has 0 amide bonds. The van der Waals surface area contributed by atoms with Gasteiger partial charge in [-0.2, -0.15) is 0 Å². The van der Waals surface area contributed by atoms with Gasteiger partial charge in [-0.3, -0.25) is 4.90 Å². The highest BCUT2D eigenvalue weighted by Crippen LogP contribution is 2.23. The van der Waals surface area contributed by atoms with Gasteiger partial charge in [0, 0.05) is 45.2 Å². The molecule has 2 saturated heterocycles. The van der Waals surface area contributed by atoms with E-state index in [-0.39, 0.29) is 6.10 Å². The Morgan fingerprint density at radius 2 is 2.48 bits per heavy atom. The van der Waals surface area contributed by atoms with E-state index in [0.29, 0.717) is 6.04 Å². The zero-order valence-electron chi connectivity index (χ0n) is 12.8. The molecule has 2 aliphatic heterocycles. The summed E-state index contributed by atoms with van der Waals surface area (Å²) in [5.74, 6) is 0.929. The monoisotopic (exact) mass is 294 g/mol. The van der Waals surface area contributed by atoms with Crippen LogP contribution in [0, 0.1) is 0 Å².